The van der Waals surface area contributed by atoms with Gasteiger partial charge in [0.25, 0.3) is 5.82 Å². The SMILES string of the molecule is CCCCCCCCCCCc1n(C(C)C)cc[n+]1CCCC. The van der Waals surface area contributed by atoms with E-state index in [2.05, 4.69) is 49.2 Å². The summed E-state index contributed by atoms with van der Waals surface area (Å²) in [5, 5.41) is 0. The van der Waals surface area contributed by atoms with Crippen molar-refractivity contribution in [3.05, 3.63) is 18.2 Å². The molecule has 2 heteroatoms. The summed E-state index contributed by atoms with van der Waals surface area (Å²) < 4.78 is 4.97. The van der Waals surface area contributed by atoms with E-state index < -0.39 is 0 Å². The normalized spacial score (nSPS) is 11.5. The largest absolute Gasteiger partial charge is 0.256 e. The summed E-state index contributed by atoms with van der Waals surface area (Å²) in [7, 11) is 0. The zero-order valence-electron chi connectivity index (χ0n) is 16.3. The second-order valence-corrected chi connectivity index (χ2v) is 7.34. The van der Waals surface area contributed by atoms with Gasteiger partial charge in [-0.3, -0.25) is 0 Å². The second kappa shape index (κ2) is 12.6. The molecule has 134 valence electrons. The van der Waals surface area contributed by atoms with Crippen LogP contribution in [0.3, 0.4) is 0 Å². The van der Waals surface area contributed by atoms with E-state index in [1.165, 1.54) is 89.4 Å². The molecule has 0 atom stereocenters. The highest BCUT2D eigenvalue weighted by molar-refractivity contribution is 4.86. The van der Waals surface area contributed by atoms with Crippen LogP contribution in [0.25, 0.3) is 0 Å². The molecule has 0 aliphatic heterocycles. The molecule has 23 heavy (non-hydrogen) atoms. The molecule has 1 aromatic heterocycles. The average Bonchev–Trinajstić information content (AvgIpc) is 2.94. The Balaban J connectivity index is 2.28. The van der Waals surface area contributed by atoms with Gasteiger partial charge in [0.1, 0.15) is 12.4 Å². The lowest BCUT2D eigenvalue weighted by Crippen LogP contribution is -2.37. The molecule has 0 radical (unpaired) electrons. The van der Waals surface area contributed by atoms with E-state index in [1.54, 1.807) is 0 Å². The number of nitrogens with zero attached hydrogens (tertiary/aromatic N) is 2. The lowest BCUT2D eigenvalue weighted by molar-refractivity contribution is -0.704. The number of rotatable bonds is 14. The van der Waals surface area contributed by atoms with Gasteiger partial charge in [-0.05, 0) is 26.7 Å². The first-order chi connectivity index (χ1) is 11.2. The maximum Gasteiger partial charge on any atom is 0.256 e. The fraction of sp³-hybridized carbons (Fsp3) is 0.857. The first-order valence-electron chi connectivity index (χ1n) is 10.3. The van der Waals surface area contributed by atoms with Crippen LogP contribution in [0, 0.1) is 0 Å². The van der Waals surface area contributed by atoms with Crippen molar-refractivity contribution < 1.29 is 4.57 Å². The first kappa shape index (κ1) is 20.3. The van der Waals surface area contributed by atoms with Crippen LogP contribution < -0.4 is 4.57 Å². The molecule has 0 amide bonds. The van der Waals surface area contributed by atoms with Gasteiger partial charge in [-0.1, -0.05) is 71.6 Å². The van der Waals surface area contributed by atoms with Gasteiger partial charge in [-0.2, -0.15) is 0 Å². The number of hydrogen-bond acceptors (Lipinski definition) is 0. The van der Waals surface area contributed by atoms with Crippen molar-refractivity contribution in [2.24, 2.45) is 0 Å². The smallest absolute Gasteiger partial charge is 0.234 e. The second-order valence-electron chi connectivity index (χ2n) is 7.34. The van der Waals surface area contributed by atoms with Gasteiger partial charge in [-0.25, -0.2) is 9.13 Å². The predicted molar refractivity (Wildman–Crippen MR) is 101 cm³/mol. The minimum atomic E-state index is 0.575. The van der Waals surface area contributed by atoms with Crippen molar-refractivity contribution in [2.75, 3.05) is 0 Å². The van der Waals surface area contributed by atoms with E-state index in [4.69, 9.17) is 0 Å². The van der Waals surface area contributed by atoms with Crippen molar-refractivity contribution >= 4 is 0 Å². The predicted octanol–water partition coefficient (Wildman–Crippen LogP) is 6.23. The number of aryl methyl sites for hydroxylation is 1. The lowest BCUT2D eigenvalue weighted by atomic mass is 10.1. The van der Waals surface area contributed by atoms with Gasteiger partial charge in [0.15, 0.2) is 0 Å². The van der Waals surface area contributed by atoms with Crippen LogP contribution in [-0.4, -0.2) is 4.57 Å². The Labute approximate surface area is 145 Å². The van der Waals surface area contributed by atoms with Crippen LogP contribution in [0.5, 0.6) is 0 Å². The average molecular weight is 322 g/mol. The van der Waals surface area contributed by atoms with Crippen LogP contribution in [-0.2, 0) is 13.0 Å². The number of hydrogen-bond donors (Lipinski definition) is 0. The third-order valence-electron chi connectivity index (χ3n) is 4.85. The summed E-state index contributed by atoms with van der Waals surface area (Å²) in [5.41, 5.74) is 0. The molecule has 0 fully saturated rings. The Morgan fingerprint density at radius 3 is 1.96 bits per heavy atom. The molecule has 0 spiro atoms. The number of unbranched alkanes of at least 4 members (excludes halogenated alkanes) is 9. The van der Waals surface area contributed by atoms with Crippen molar-refractivity contribution in [3.8, 4) is 0 Å². The van der Waals surface area contributed by atoms with Crippen molar-refractivity contribution in [1.82, 2.24) is 4.57 Å². The fourth-order valence-electron chi connectivity index (χ4n) is 3.34. The van der Waals surface area contributed by atoms with Crippen LogP contribution in [0.2, 0.25) is 0 Å². The van der Waals surface area contributed by atoms with Gasteiger partial charge in [0, 0.05) is 6.42 Å². The van der Waals surface area contributed by atoms with E-state index >= 15 is 0 Å². The Bertz CT molecular complexity index is 393. The Morgan fingerprint density at radius 2 is 1.39 bits per heavy atom. The molecule has 0 bridgehead atoms. The minimum Gasteiger partial charge on any atom is -0.234 e. The van der Waals surface area contributed by atoms with Gasteiger partial charge < -0.3 is 0 Å². The van der Waals surface area contributed by atoms with Gasteiger partial charge in [0.05, 0.1) is 12.6 Å². The topological polar surface area (TPSA) is 8.81 Å². The Kier molecular flexibility index (Phi) is 11.1. The standard InChI is InChI=1S/C21H41N2/c1-5-7-9-10-11-12-13-14-15-16-21-22(17-8-6-2)18-19-23(21)20(3)4/h18-20H,5-17H2,1-4H3/q+1. The van der Waals surface area contributed by atoms with Gasteiger partial charge in [0.2, 0.25) is 0 Å². The van der Waals surface area contributed by atoms with Crippen LogP contribution in [0.15, 0.2) is 12.4 Å². The molecule has 0 aliphatic carbocycles. The monoisotopic (exact) mass is 321 g/mol. The van der Waals surface area contributed by atoms with Crippen molar-refractivity contribution in [3.63, 3.8) is 0 Å². The highest BCUT2D eigenvalue weighted by Gasteiger charge is 2.18. The molecule has 0 aliphatic rings. The van der Waals surface area contributed by atoms with E-state index in [9.17, 15) is 0 Å². The lowest BCUT2D eigenvalue weighted by Gasteiger charge is -2.08. The van der Waals surface area contributed by atoms with E-state index in [-0.39, 0.29) is 0 Å². The maximum absolute atomic E-state index is 2.49. The zero-order valence-corrected chi connectivity index (χ0v) is 16.3. The highest BCUT2D eigenvalue weighted by Crippen LogP contribution is 2.13. The summed E-state index contributed by atoms with van der Waals surface area (Å²) in [6.07, 6.45) is 21.1. The Morgan fingerprint density at radius 1 is 0.826 bits per heavy atom. The van der Waals surface area contributed by atoms with Gasteiger partial charge in [-0.15, -0.1) is 0 Å². The molecule has 0 saturated carbocycles. The molecule has 0 aromatic carbocycles. The van der Waals surface area contributed by atoms with E-state index in [1.807, 2.05) is 0 Å². The molecule has 2 nitrogen and oxygen atoms in total. The van der Waals surface area contributed by atoms with Crippen LogP contribution in [0.1, 0.15) is 110 Å². The van der Waals surface area contributed by atoms with E-state index in [0.717, 1.165) is 0 Å². The van der Waals surface area contributed by atoms with Crippen LogP contribution >= 0.6 is 0 Å². The van der Waals surface area contributed by atoms with Crippen LogP contribution in [0.4, 0.5) is 0 Å². The number of imidazole rings is 1. The minimum absolute atomic E-state index is 0.575. The van der Waals surface area contributed by atoms with E-state index in [0.29, 0.717) is 6.04 Å². The Hall–Kier alpha value is -0.790. The third kappa shape index (κ3) is 8.04. The molecule has 0 unspecified atom stereocenters. The summed E-state index contributed by atoms with van der Waals surface area (Å²) in [5.74, 6) is 1.54. The highest BCUT2D eigenvalue weighted by atomic mass is 15.2. The summed E-state index contributed by atoms with van der Waals surface area (Å²) in [6.45, 7) is 10.3. The van der Waals surface area contributed by atoms with Gasteiger partial charge >= 0.3 is 0 Å². The summed E-state index contributed by atoms with van der Waals surface area (Å²) in [4.78, 5) is 0. The van der Waals surface area contributed by atoms with Crippen molar-refractivity contribution in [1.29, 1.82) is 0 Å². The summed E-state index contributed by atoms with van der Waals surface area (Å²) >= 11 is 0. The number of aromatic nitrogens is 2. The molecule has 1 aromatic rings. The molecular formula is C21H41N2+. The maximum atomic E-state index is 2.49. The molecule has 1 heterocycles. The molecule has 0 saturated heterocycles. The zero-order chi connectivity index (χ0) is 16.9. The summed E-state index contributed by atoms with van der Waals surface area (Å²) in [6, 6.07) is 0.575. The molecule has 0 N–H and O–H groups in total. The first-order valence-corrected chi connectivity index (χ1v) is 10.3. The van der Waals surface area contributed by atoms with Crippen molar-refractivity contribution in [2.45, 2.75) is 117 Å². The molecule has 1 rings (SSSR count). The third-order valence-corrected chi connectivity index (χ3v) is 4.85. The fourth-order valence-corrected chi connectivity index (χ4v) is 3.34. The quantitative estimate of drug-likeness (QED) is 0.284. The molecular weight excluding hydrogens is 280 g/mol.